The molecule has 0 amide bonds. The highest BCUT2D eigenvalue weighted by Gasteiger charge is 2.28. The van der Waals surface area contributed by atoms with Crippen molar-refractivity contribution < 1.29 is 8.42 Å². The highest BCUT2D eigenvalue weighted by molar-refractivity contribution is 9.11. The molecule has 1 aromatic rings. The quantitative estimate of drug-likeness (QED) is 0.704. The Morgan fingerprint density at radius 2 is 2.17 bits per heavy atom. The van der Waals surface area contributed by atoms with E-state index in [0.717, 1.165) is 17.7 Å². The summed E-state index contributed by atoms with van der Waals surface area (Å²) in [4.78, 5) is 1.16. The Morgan fingerprint density at radius 3 is 2.61 bits per heavy atom. The molecule has 104 valence electrons. The maximum absolute atomic E-state index is 12.5. The first-order valence-electron chi connectivity index (χ1n) is 5.66. The molecule has 0 fully saturated rings. The summed E-state index contributed by atoms with van der Waals surface area (Å²) in [5, 5.41) is 0. The second-order valence-electron chi connectivity index (χ2n) is 4.14. The topological polar surface area (TPSA) is 37.4 Å². The maximum atomic E-state index is 12.5. The van der Waals surface area contributed by atoms with Crippen LogP contribution in [-0.4, -0.2) is 25.8 Å². The molecule has 1 heterocycles. The molecule has 0 spiro atoms. The van der Waals surface area contributed by atoms with Crippen molar-refractivity contribution in [2.75, 3.05) is 7.05 Å². The first-order chi connectivity index (χ1) is 8.34. The largest absolute Gasteiger partial charge is 0.245 e. The van der Waals surface area contributed by atoms with Crippen LogP contribution in [0.15, 0.2) is 14.7 Å². The van der Waals surface area contributed by atoms with Gasteiger partial charge in [-0.25, -0.2) is 8.42 Å². The first-order valence-corrected chi connectivity index (χ1v) is 9.25. The molecule has 1 rings (SSSR count). The zero-order chi connectivity index (χ0) is 13.9. The van der Waals surface area contributed by atoms with Crippen molar-refractivity contribution in [1.29, 1.82) is 0 Å². The van der Waals surface area contributed by atoms with Crippen LogP contribution in [0.3, 0.4) is 0 Å². The maximum Gasteiger partial charge on any atom is 0.245 e. The third-order valence-electron chi connectivity index (χ3n) is 2.82. The predicted octanol–water partition coefficient (Wildman–Crippen LogP) is 4.06. The number of hydrogen-bond donors (Lipinski definition) is 0. The fourth-order valence-corrected chi connectivity index (χ4v) is 5.74. The van der Waals surface area contributed by atoms with Gasteiger partial charge >= 0.3 is 0 Å². The smallest absolute Gasteiger partial charge is 0.207 e. The highest BCUT2D eigenvalue weighted by atomic mass is 79.9. The van der Waals surface area contributed by atoms with E-state index in [4.69, 9.17) is 11.6 Å². The first kappa shape index (κ1) is 16.4. The molecule has 0 saturated carbocycles. The Morgan fingerprint density at radius 1 is 1.56 bits per heavy atom. The van der Waals surface area contributed by atoms with Crippen LogP contribution in [0.2, 0.25) is 0 Å². The molecule has 0 N–H and O–H groups in total. The lowest BCUT2D eigenvalue weighted by Gasteiger charge is -2.23. The SMILES string of the molecule is CCCC(C)N(C)S(=O)(=O)c1cc(CCl)sc1Br. The standard InChI is InChI=1S/C11H17BrClNO2S2/c1-4-5-8(2)14(3)18(15,16)10-6-9(7-13)17-11(10)12/h6,8H,4-5,7H2,1-3H3. The van der Waals surface area contributed by atoms with Gasteiger partial charge in [-0.15, -0.1) is 22.9 Å². The number of halogens is 2. The summed E-state index contributed by atoms with van der Waals surface area (Å²) in [5.74, 6) is 0.326. The van der Waals surface area contributed by atoms with Crippen LogP contribution in [-0.2, 0) is 15.9 Å². The van der Waals surface area contributed by atoms with E-state index >= 15 is 0 Å². The summed E-state index contributed by atoms with van der Waals surface area (Å²) in [6.07, 6.45) is 1.80. The van der Waals surface area contributed by atoms with Crippen LogP contribution >= 0.6 is 38.9 Å². The van der Waals surface area contributed by atoms with E-state index in [1.165, 1.54) is 15.6 Å². The predicted molar refractivity (Wildman–Crippen MR) is 80.9 cm³/mol. The van der Waals surface area contributed by atoms with Crippen molar-refractivity contribution in [2.24, 2.45) is 0 Å². The fraction of sp³-hybridized carbons (Fsp3) is 0.636. The van der Waals surface area contributed by atoms with Crippen LogP contribution < -0.4 is 0 Å². The van der Waals surface area contributed by atoms with Crippen LogP contribution in [0, 0.1) is 0 Å². The number of nitrogens with zero attached hydrogens (tertiary/aromatic N) is 1. The number of alkyl halides is 1. The molecule has 0 radical (unpaired) electrons. The van der Waals surface area contributed by atoms with Crippen LogP contribution in [0.5, 0.6) is 0 Å². The summed E-state index contributed by atoms with van der Waals surface area (Å²) in [7, 11) is -1.82. The lowest BCUT2D eigenvalue weighted by Crippen LogP contribution is -2.34. The van der Waals surface area contributed by atoms with E-state index in [9.17, 15) is 8.42 Å². The number of hydrogen-bond acceptors (Lipinski definition) is 3. The van der Waals surface area contributed by atoms with E-state index in [1.54, 1.807) is 13.1 Å². The molecule has 3 nitrogen and oxygen atoms in total. The van der Waals surface area contributed by atoms with Gasteiger partial charge in [-0.2, -0.15) is 4.31 Å². The minimum absolute atomic E-state index is 0.00810. The number of sulfonamides is 1. The Bertz CT molecular complexity index is 501. The van der Waals surface area contributed by atoms with Gasteiger partial charge in [-0.05, 0) is 35.3 Å². The average molecular weight is 375 g/mol. The molecule has 0 bridgehead atoms. The van der Waals surface area contributed by atoms with Crippen molar-refractivity contribution in [2.45, 2.75) is 43.5 Å². The van der Waals surface area contributed by atoms with E-state index < -0.39 is 10.0 Å². The fourth-order valence-electron chi connectivity index (χ4n) is 1.63. The van der Waals surface area contributed by atoms with E-state index in [-0.39, 0.29) is 6.04 Å². The molecule has 0 aliphatic carbocycles. The molecular weight excluding hydrogens is 358 g/mol. The van der Waals surface area contributed by atoms with Crippen LogP contribution in [0.4, 0.5) is 0 Å². The van der Waals surface area contributed by atoms with Gasteiger partial charge in [0.1, 0.15) is 4.90 Å². The third-order valence-corrected chi connectivity index (χ3v) is 7.49. The minimum atomic E-state index is -3.44. The van der Waals surface area contributed by atoms with Gasteiger partial charge in [0.25, 0.3) is 0 Å². The zero-order valence-corrected chi connectivity index (χ0v) is 14.6. The second-order valence-corrected chi connectivity index (χ2v) is 8.83. The van der Waals surface area contributed by atoms with Gasteiger partial charge in [0, 0.05) is 18.0 Å². The Kier molecular flexibility index (Phi) is 6.12. The Balaban J connectivity index is 3.08. The molecule has 1 aromatic heterocycles. The Hall–Kier alpha value is 0.380. The van der Waals surface area contributed by atoms with Crippen molar-refractivity contribution in [1.82, 2.24) is 4.31 Å². The molecule has 7 heteroatoms. The summed E-state index contributed by atoms with van der Waals surface area (Å²) in [5.41, 5.74) is 0. The van der Waals surface area contributed by atoms with Gasteiger partial charge < -0.3 is 0 Å². The summed E-state index contributed by atoms with van der Waals surface area (Å²) in [6.45, 7) is 3.97. The van der Waals surface area contributed by atoms with Crippen molar-refractivity contribution in [3.63, 3.8) is 0 Å². The van der Waals surface area contributed by atoms with Gasteiger partial charge in [0.15, 0.2) is 0 Å². The molecule has 0 aromatic carbocycles. The van der Waals surface area contributed by atoms with E-state index in [0.29, 0.717) is 14.6 Å². The van der Waals surface area contributed by atoms with Crippen LogP contribution in [0.25, 0.3) is 0 Å². The summed E-state index contributed by atoms with van der Waals surface area (Å²) in [6, 6.07) is 1.64. The van der Waals surface area contributed by atoms with E-state index in [2.05, 4.69) is 15.9 Å². The molecule has 1 unspecified atom stereocenters. The molecule has 0 aliphatic heterocycles. The summed E-state index contributed by atoms with van der Waals surface area (Å²) >= 11 is 10.4. The molecule has 0 saturated heterocycles. The third kappa shape index (κ3) is 3.48. The normalized spacial score (nSPS) is 14.1. The minimum Gasteiger partial charge on any atom is -0.207 e. The van der Waals surface area contributed by atoms with Gasteiger partial charge in [0.2, 0.25) is 10.0 Å². The summed E-state index contributed by atoms with van der Waals surface area (Å²) < 4.78 is 27.0. The lowest BCUT2D eigenvalue weighted by molar-refractivity contribution is 0.368. The zero-order valence-electron chi connectivity index (χ0n) is 10.6. The molecule has 18 heavy (non-hydrogen) atoms. The Labute approximate surface area is 126 Å². The number of thiophene rings is 1. The lowest BCUT2D eigenvalue weighted by atomic mass is 10.2. The molecule has 1 atom stereocenters. The highest BCUT2D eigenvalue weighted by Crippen LogP contribution is 2.34. The van der Waals surface area contributed by atoms with Crippen molar-refractivity contribution in [3.05, 3.63) is 14.7 Å². The van der Waals surface area contributed by atoms with Crippen molar-refractivity contribution in [3.8, 4) is 0 Å². The monoisotopic (exact) mass is 373 g/mol. The number of rotatable bonds is 6. The van der Waals surface area contributed by atoms with Crippen LogP contribution in [0.1, 0.15) is 31.6 Å². The second kappa shape index (κ2) is 6.70. The van der Waals surface area contributed by atoms with Gasteiger partial charge in [-0.1, -0.05) is 13.3 Å². The van der Waals surface area contributed by atoms with Gasteiger partial charge in [0.05, 0.1) is 9.67 Å². The average Bonchev–Trinajstić information content (AvgIpc) is 2.70. The molecular formula is C11H17BrClNO2S2. The van der Waals surface area contributed by atoms with Gasteiger partial charge in [-0.3, -0.25) is 0 Å². The van der Waals surface area contributed by atoms with Crippen molar-refractivity contribution >= 4 is 48.9 Å². The molecule has 0 aliphatic rings. The van der Waals surface area contributed by atoms with E-state index in [1.807, 2.05) is 13.8 Å².